The molecule has 1 spiro atoms. The second kappa shape index (κ2) is 7.42. The van der Waals surface area contributed by atoms with E-state index in [4.69, 9.17) is 0 Å². The van der Waals surface area contributed by atoms with E-state index in [9.17, 15) is 9.90 Å². The SMILES string of the molecule is C=C(C)c1cc(C(=O)N2CC3(CCN(C)CC3)SC2C)cc(C(C)(C)C)c1O. The van der Waals surface area contributed by atoms with Crippen LogP contribution in [0.5, 0.6) is 5.75 Å². The minimum Gasteiger partial charge on any atom is -0.507 e. The summed E-state index contributed by atoms with van der Waals surface area (Å²) >= 11 is 1.96. The standard InChI is InChI=1S/C23H34N2O2S/c1-15(2)18-12-17(13-19(20(18)26)22(4,5)6)21(27)25-14-23(28-16(25)3)8-10-24(7)11-9-23/h12-13,16,26H,1,8-11,14H2,2-7H3. The molecule has 0 aliphatic carbocycles. The molecule has 1 aromatic rings. The Balaban J connectivity index is 1.94. The maximum Gasteiger partial charge on any atom is 0.254 e. The maximum absolute atomic E-state index is 13.5. The van der Waals surface area contributed by atoms with Gasteiger partial charge in [-0.3, -0.25) is 4.79 Å². The van der Waals surface area contributed by atoms with Crippen molar-refractivity contribution < 1.29 is 9.90 Å². The molecule has 1 atom stereocenters. The van der Waals surface area contributed by atoms with Gasteiger partial charge >= 0.3 is 0 Å². The molecule has 0 saturated carbocycles. The van der Waals surface area contributed by atoms with E-state index in [2.05, 4.69) is 46.2 Å². The zero-order chi connectivity index (χ0) is 20.9. The van der Waals surface area contributed by atoms with Crippen molar-refractivity contribution in [2.24, 2.45) is 0 Å². The second-order valence-electron chi connectivity index (χ2n) is 9.59. The molecule has 3 rings (SSSR count). The third-order valence-electron chi connectivity index (χ3n) is 6.10. The van der Waals surface area contributed by atoms with Crippen LogP contribution in [0, 0.1) is 0 Å². The van der Waals surface area contributed by atoms with Crippen LogP contribution in [0.15, 0.2) is 18.7 Å². The van der Waals surface area contributed by atoms with Gasteiger partial charge in [-0.1, -0.05) is 27.4 Å². The molecule has 1 amide bonds. The molecule has 5 heteroatoms. The summed E-state index contributed by atoms with van der Waals surface area (Å²) in [6.07, 6.45) is 2.25. The lowest BCUT2D eigenvalue weighted by Crippen LogP contribution is -2.44. The highest BCUT2D eigenvalue weighted by Crippen LogP contribution is 2.47. The fourth-order valence-electron chi connectivity index (χ4n) is 4.26. The Kier molecular flexibility index (Phi) is 5.63. The van der Waals surface area contributed by atoms with E-state index in [1.165, 1.54) is 0 Å². The number of likely N-dealkylation sites (tertiary alicyclic amines) is 1. The van der Waals surface area contributed by atoms with Gasteiger partial charge in [-0.15, -0.1) is 11.8 Å². The Morgan fingerprint density at radius 3 is 2.43 bits per heavy atom. The van der Waals surface area contributed by atoms with Crippen LogP contribution in [-0.2, 0) is 5.41 Å². The first-order valence-corrected chi connectivity index (χ1v) is 11.0. The predicted molar refractivity (Wildman–Crippen MR) is 119 cm³/mol. The number of piperidine rings is 1. The van der Waals surface area contributed by atoms with Gasteiger partial charge in [0.1, 0.15) is 5.75 Å². The van der Waals surface area contributed by atoms with Crippen molar-refractivity contribution >= 4 is 23.2 Å². The summed E-state index contributed by atoms with van der Waals surface area (Å²) in [5.74, 6) is 0.302. The highest BCUT2D eigenvalue weighted by molar-refractivity contribution is 8.01. The van der Waals surface area contributed by atoms with Gasteiger partial charge < -0.3 is 14.9 Å². The molecule has 154 valence electrons. The lowest BCUT2D eigenvalue weighted by Gasteiger charge is -2.36. The topological polar surface area (TPSA) is 43.8 Å². The van der Waals surface area contributed by atoms with Gasteiger partial charge in [-0.2, -0.15) is 0 Å². The summed E-state index contributed by atoms with van der Waals surface area (Å²) in [5.41, 5.74) is 2.63. The van der Waals surface area contributed by atoms with E-state index in [1.807, 2.05) is 35.7 Å². The molecule has 0 bridgehead atoms. The number of rotatable bonds is 2. The first-order chi connectivity index (χ1) is 12.9. The number of phenols is 1. The summed E-state index contributed by atoms with van der Waals surface area (Å²) in [6.45, 7) is 17.2. The second-order valence-corrected chi connectivity index (χ2v) is 11.4. The third kappa shape index (κ3) is 3.97. The van der Waals surface area contributed by atoms with Gasteiger partial charge in [0.05, 0.1) is 5.37 Å². The maximum atomic E-state index is 13.5. The van der Waals surface area contributed by atoms with Crippen molar-refractivity contribution in [3.63, 3.8) is 0 Å². The van der Waals surface area contributed by atoms with E-state index in [-0.39, 0.29) is 27.2 Å². The zero-order valence-corrected chi connectivity index (χ0v) is 18.9. The van der Waals surface area contributed by atoms with Crippen molar-refractivity contribution in [2.75, 3.05) is 26.7 Å². The minimum atomic E-state index is -0.259. The quantitative estimate of drug-likeness (QED) is 0.777. The molecule has 2 aliphatic rings. The number of hydrogen-bond donors (Lipinski definition) is 1. The molecule has 1 aromatic carbocycles. The van der Waals surface area contributed by atoms with Crippen molar-refractivity contribution in [1.82, 2.24) is 9.80 Å². The van der Waals surface area contributed by atoms with Crippen LogP contribution >= 0.6 is 11.8 Å². The van der Waals surface area contributed by atoms with E-state index >= 15 is 0 Å². The Morgan fingerprint density at radius 2 is 1.89 bits per heavy atom. The number of phenolic OH excluding ortho intramolecular Hbond substituents is 1. The molecular weight excluding hydrogens is 368 g/mol. The van der Waals surface area contributed by atoms with Crippen molar-refractivity contribution in [1.29, 1.82) is 0 Å². The summed E-state index contributed by atoms with van der Waals surface area (Å²) < 4.78 is 0.183. The van der Waals surface area contributed by atoms with Crippen LogP contribution in [0.4, 0.5) is 0 Å². The largest absolute Gasteiger partial charge is 0.507 e. The van der Waals surface area contributed by atoms with Crippen LogP contribution in [-0.4, -0.2) is 57.6 Å². The number of nitrogens with zero attached hydrogens (tertiary/aromatic N) is 2. The number of carbonyl (C=O) groups excluding carboxylic acids is 1. The number of aromatic hydroxyl groups is 1. The number of amides is 1. The van der Waals surface area contributed by atoms with E-state index in [0.717, 1.165) is 43.6 Å². The average molecular weight is 403 g/mol. The van der Waals surface area contributed by atoms with Gasteiger partial charge in [0, 0.05) is 28.0 Å². The fraction of sp³-hybridized carbons (Fsp3) is 0.609. The summed E-state index contributed by atoms with van der Waals surface area (Å²) in [5, 5.41) is 10.9. The first kappa shape index (κ1) is 21.3. The van der Waals surface area contributed by atoms with Crippen LogP contribution < -0.4 is 0 Å². The molecular formula is C23H34N2O2S. The molecule has 2 heterocycles. The normalized spacial score (nSPS) is 22.6. The summed E-state index contributed by atoms with van der Waals surface area (Å²) in [4.78, 5) is 17.9. The Morgan fingerprint density at radius 1 is 1.29 bits per heavy atom. The van der Waals surface area contributed by atoms with Crippen LogP contribution in [0.1, 0.15) is 68.9 Å². The number of benzene rings is 1. The monoisotopic (exact) mass is 402 g/mol. The van der Waals surface area contributed by atoms with E-state index in [0.29, 0.717) is 11.1 Å². The molecule has 1 unspecified atom stereocenters. The van der Waals surface area contributed by atoms with Crippen molar-refractivity contribution in [3.05, 3.63) is 35.4 Å². The van der Waals surface area contributed by atoms with Crippen molar-refractivity contribution in [3.8, 4) is 5.75 Å². The highest BCUT2D eigenvalue weighted by Gasteiger charge is 2.46. The zero-order valence-electron chi connectivity index (χ0n) is 18.1. The van der Waals surface area contributed by atoms with E-state index in [1.54, 1.807) is 0 Å². The van der Waals surface area contributed by atoms with Crippen LogP contribution in [0.25, 0.3) is 5.57 Å². The Hall–Kier alpha value is -1.46. The first-order valence-electron chi connectivity index (χ1n) is 10.1. The average Bonchev–Trinajstić information content (AvgIpc) is 2.92. The molecule has 4 nitrogen and oxygen atoms in total. The predicted octanol–water partition coefficient (Wildman–Crippen LogP) is 4.72. The third-order valence-corrected chi connectivity index (χ3v) is 7.73. The van der Waals surface area contributed by atoms with Gasteiger partial charge in [-0.05, 0) is 69.9 Å². The molecule has 2 aliphatic heterocycles. The molecule has 0 aromatic heterocycles. The fourth-order valence-corrected chi connectivity index (χ4v) is 5.91. The summed E-state index contributed by atoms with van der Waals surface area (Å²) in [6, 6.07) is 3.69. The molecule has 2 fully saturated rings. The number of carbonyl (C=O) groups is 1. The Bertz CT molecular complexity index is 789. The lowest BCUT2D eigenvalue weighted by atomic mass is 9.83. The Labute approximate surface area is 174 Å². The molecule has 0 radical (unpaired) electrons. The van der Waals surface area contributed by atoms with Crippen molar-refractivity contribution in [2.45, 2.75) is 63.0 Å². The van der Waals surface area contributed by atoms with Crippen LogP contribution in [0.2, 0.25) is 0 Å². The number of thioether (sulfide) groups is 1. The van der Waals surface area contributed by atoms with Crippen LogP contribution in [0.3, 0.4) is 0 Å². The van der Waals surface area contributed by atoms with Gasteiger partial charge in [-0.25, -0.2) is 0 Å². The number of hydrogen-bond acceptors (Lipinski definition) is 4. The highest BCUT2D eigenvalue weighted by atomic mass is 32.2. The number of allylic oxidation sites excluding steroid dienone is 1. The lowest BCUT2D eigenvalue weighted by molar-refractivity contribution is 0.0736. The molecule has 1 N–H and O–H groups in total. The molecule has 28 heavy (non-hydrogen) atoms. The minimum absolute atomic E-state index is 0.0591. The molecule has 2 saturated heterocycles. The van der Waals surface area contributed by atoms with Gasteiger partial charge in [0.2, 0.25) is 0 Å². The van der Waals surface area contributed by atoms with E-state index < -0.39 is 0 Å². The van der Waals surface area contributed by atoms with Gasteiger partial charge in [0.25, 0.3) is 5.91 Å². The summed E-state index contributed by atoms with van der Waals surface area (Å²) in [7, 11) is 2.17. The van der Waals surface area contributed by atoms with Gasteiger partial charge in [0.15, 0.2) is 0 Å². The smallest absolute Gasteiger partial charge is 0.254 e.